The van der Waals surface area contributed by atoms with Crippen molar-refractivity contribution in [3.05, 3.63) is 0 Å². The van der Waals surface area contributed by atoms with Crippen molar-refractivity contribution in [3.63, 3.8) is 0 Å². The van der Waals surface area contributed by atoms with E-state index in [4.69, 9.17) is 0 Å². The maximum atomic E-state index is 11.6. The molecule has 1 atom stereocenters. The van der Waals surface area contributed by atoms with Gasteiger partial charge in [0.1, 0.15) is 0 Å². The molecule has 0 aliphatic rings. The Morgan fingerprint density at radius 2 is 1.93 bits per heavy atom. The van der Waals surface area contributed by atoms with Gasteiger partial charge in [-0.15, -0.1) is 0 Å². The van der Waals surface area contributed by atoms with Gasteiger partial charge in [0.2, 0.25) is 5.78 Å². The third-order valence-electron chi connectivity index (χ3n) is 2.27. The van der Waals surface area contributed by atoms with Gasteiger partial charge in [0.25, 0.3) is 5.91 Å². The molecule has 0 heterocycles. The van der Waals surface area contributed by atoms with E-state index in [2.05, 4.69) is 5.32 Å². The lowest BCUT2D eigenvalue weighted by Crippen LogP contribution is -2.44. The average Bonchev–Trinajstić information content (AvgIpc) is 2.22. The lowest BCUT2D eigenvalue weighted by molar-refractivity contribution is -0.144. The second-order valence-corrected chi connectivity index (χ2v) is 3.31. The van der Waals surface area contributed by atoms with E-state index in [0.717, 1.165) is 6.42 Å². The summed E-state index contributed by atoms with van der Waals surface area (Å²) in [4.78, 5) is 24.5. The van der Waals surface area contributed by atoms with E-state index in [1.54, 1.807) is 14.1 Å². The zero-order chi connectivity index (χ0) is 11.1. The molecule has 14 heavy (non-hydrogen) atoms. The second kappa shape index (κ2) is 6.54. The van der Waals surface area contributed by atoms with Crippen molar-refractivity contribution in [2.45, 2.75) is 32.7 Å². The van der Waals surface area contributed by atoms with Crippen molar-refractivity contribution in [2.75, 3.05) is 20.6 Å². The Morgan fingerprint density at radius 1 is 1.36 bits per heavy atom. The highest BCUT2D eigenvalue weighted by Crippen LogP contribution is 2.00. The maximum Gasteiger partial charge on any atom is 0.291 e. The van der Waals surface area contributed by atoms with Crippen LogP contribution < -0.4 is 5.32 Å². The minimum absolute atomic E-state index is 0.332. The first-order valence-corrected chi connectivity index (χ1v) is 5.05. The van der Waals surface area contributed by atoms with Crippen molar-refractivity contribution >= 4 is 11.7 Å². The minimum Gasteiger partial charge on any atom is -0.339 e. The zero-order valence-electron chi connectivity index (χ0n) is 9.46. The molecule has 0 bridgehead atoms. The monoisotopic (exact) mass is 200 g/mol. The smallest absolute Gasteiger partial charge is 0.291 e. The summed E-state index contributed by atoms with van der Waals surface area (Å²) in [5, 5.41) is 2.87. The fourth-order valence-electron chi connectivity index (χ4n) is 1.18. The van der Waals surface area contributed by atoms with Crippen LogP contribution in [0.4, 0.5) is 0 Å². The van der Waals surface area contributed by atoms with Crippen LogP contribution in [0.3, 0.4) is 0 Å². The molecule has 0 aromatic heterocycles. The van der Waals surface area contributed by atoms with Gasteiger partial charge in [-0.3, -0.25) is 9.59 Å². The van der Waals surface area contributed by atoms with Gasteiger partial charge in [0, 0.05) is 13.6 Å². The maximum absolute atomic E-state index is 11.6. The van der Waals surface area contributed by atoms with Crippen LogP contribution in [-0.2, 0) is 9.59 Å². The molecule has 82 valence electrons. The first-order valence-electron chi connectivity index (χ1n) is 5.05. The Labute approximate surface area is 85.7 Å². The van der Waals surface area contributed by atoms with E-state index in [9.17, 15) is 9.59 Å². The fourth-order valence-corrected chi connectivity index (χ4v) is 1.18. The van der Waals surface area contributed by atoms with Crippen LogP contribution in [0, 0.1) is 0 Å². The normalized spacial score (nSPS) is 12.3. The third-order valence-corrected chi connectivity index (χ3v) is 2.27. The standard InChI is InChI=1S/C10H20N2O2/c1-5-7-8(11-3)9(13)10(14)12(4)6-2/h8,11H,5-7H2,1-4H3. The first kappa shape index (κ1) is 13.1. The molecular weight excluding hydrogens is 180 g/mol. The highest BCUT2D eigenvalue weighted by Gasteiger charge is 2.24. The number of nitrogens with zero attached hydrogens (tertiary/aromatic N) is 1. The van der Waals surface area contributed by atoms with Crippen LogP contribution in [-0.4, -0.2) is 43.3 Å². The Bertz CT molecular complexity index is 204. The number of ketones is 1. The molecule has 0 saturated carbocycles. The lowest BCUT2D eigenvalue weighted by atomic mass is 10.1. The summed E-state index contributed by atoms with van der Waals surface area (Å²) >= 11 is 0. The SMILES string of the molecule is CCCC(NC)C(=O)C(=O)N(C)CC. The largest absolute Gasteiger partial charge is 0.339 e. The van der Waals surface area contributed by atoms with Crippen molar-refractivity contribution < 1.29 is 9.59 Å². The van der Waals surface area contributed by atoms with Crippen LogP contribution in [0.5, 0.6) is 0 Å². The summed E-state index contributed by atoms with van der Waals surface area (Å²) in [6.45, 7) is 4.40. The van der Waals surface area contributed by atoms with E-state index in [-0.39, 0.29) is 11.8 Å². The number of hydrogen-bond acceptors (Lipinski definition) is 3. The quantitative estimate of drug-likeness (QED) is 0.632. The van der Waals surface area contributed by atoms with Gasteiger partial charge in [0.15, 0.2) is 0 Å². The van der Waals surface area contributed by atoms with E-state index in [1.165, 1.54) is 4.90 Å². The zero-order valence-corrected chi connectivity index (χ0v) is 9.46. The Morgan fingerprint density at radius 3 is 2.29 bits per heavy atom. The van der Waals surface area contributed by atoms with Crippen molar-refractivity contribution in [3.8, 4) is 0 Å². The molecule has 0 aliphatic carbocycles. The molecule has 1 amide bonds. The third kappa shape index (κ3) is 3.46. The number of nitrogens with one attached hydrogen (secondary N) is 1. The number of rotatable bonds is 6. The molecule has 1 unspecified atom stereocenters. The number of amides is 1. The van der Waals surface area contributed by atoms with Gasteiger partial charge in [0.05, 0.1) is 6.04 Å². The van der Waals surface area contributed by atoms with E-state index in [1.807, 2.05) is 13.8 Å². The van der Waals surface area contributed by atoms with E-state index >= 15 is 0 Å². The Hall–Kier alpha value is -0.900. The van der Waals surface area contributed by atoms with Gasteiger partial charge >= 0.3 is 0 Å². The molecule has 0 saturated heterocycles. The van der Waals surface area contributed by atoms with Crippen molar-refractivity contribution in [1.82, 2.24) is 10.2 Å². The van der Waals surface area contributed by atoms with E-state index < -0.39 is 5.91 Å². The van der Waals surface area contributed by atoms with Crippen LogP contribution in [0.1, 0.15) is 26.7 Å². The summed E-state index contributed by atoms with van der Waals surface area (Å²) < 4.78 is 0. The molecule has 0 spiro atoms. The van der Waals surface area contributed by atoms with Crippen LogP contribution in [0.15, 0.2) is 0 Å². The summed E-state index contributed by atoms with van der Waals surface area (Å²) in [6.07, 6.45) is 1.60. The predicted molar refractivity (Wildman–Crippen MR) is 56.1 cm³/mol. The summed E-state index contributed by atoms with van der Waals surface area (Å²) in [6, 6.07) is -0.332. The van der Waals surface area contributed by atoms with Crippen molar-refractivity contribution in [1.29, 1.82) is 0 Å². The predicted octanol–water partition coefficient (Wildman–Crippen LogP) is 0.422. The number of Topliss-reactive ketones (excluding diaryl/α,β-unsaturated/α-hetero) is 1. The van der Waals surface area contributed by atoms with Gasteiger partial charge in [-0.1, -0.05) is 13.3 Å². The number of carbonyl (C=O) groups excluding carboxylic acids is 2. The highest BCUT2D eigenvalue weighted by molar-refractivity contribution is 6.38. The van der Waals surface area contributed by atoms with Crippen molar-refractivity contribution in [2.24, 2.45) is 0 Å². The second-order valence-electron chi connectivity index (χ2n) is 3.31. The average molecular weight is 200 g/mol. The summed E-state index contributed by atoms with van der Waals surface area (Å²) in [5.74, 6) is -0.737. The minimum atomic E-state index is -0.403. The molecule has 0 radical (unpaired) electrons. The number of likely N-dealkylation sites (N-methyl/N-ethyl adjacent to an activating group) is 2. The number of carbonyl (C=O) groups is 2. The summed E-state index contributed by atoms with van der Waals surface area (Å²) in [5.41, 5.74) is 0. The molecule has 4 heteroatoms. The Kier molecular flexibility index (Phi) is 6.12. The first-order chi connectivity index (χ1) is 6.58. The lowest BCUT2D eigenvalue weighted by Gasteiger charge is -2.18. The highest BCUT2D eigenvalue weighted by atomic mass is 16.2. The molecule has 1 N–H and O–H groups in total. The van der Waals surface area contributed by atoms with E-state index in [0.29, 0.717) is 13.0 Å². The van der Waals surface area contributed by atoms with Crippen LogP contribution in [0.25, 0.3) is 0 Å². The van der Waals surface area contributed by atoms with Gasteiger partial charge in [-0.05, 0) is 20.4 Å². The molecule has 0 aliphatic heterocycles. The fraction of sp³-hybridized carbons (Fsp3) is 0.800. The van der Waals surface area contributed by atoms with Crippen LogP contribution >= 0.6 is 0 Å². The number of hydrogen-bond donors (Lipinski definition) is 1. The molecular formula is C10H20N2O2. The van der Waals surface area contributed by atoms with Gasteiger partial charge < -0.3 is 10.2 Å². The molecule has 0 aromatic carbocycles. The molecule has 0 rings (SSSR count). The molecule has 0 fully saturated rings. The molecule has 4 nitrogen and oxygen atoms in total. The van der Waals surface area contributed by atoms with Gasteiger partial charge in [-0.25, -0.2) is 0 Å². The topological polar surface area (TPSA) is 49.4 Å². The molecule has 0 aromatic rings. The summed E-state index contributed by atoms with van der Waals surface area (Å²) in [7, 11) is 3.34. The van der Waals surface area contributed by atoms with Gasteiger partial charge in [-0.2, -0.15) is 0 Å². The van der Waals surface area contributed by atoms with Crippen LogP contribution in [0.2, 0.25) is 0 Å². The Balaban J connectivity index is 4.34.